The molecular formula is C49H44F3N7O4RuS3. The third kappa shape index (κ3) is 16.9. The zero-order valence-corrected chi connectivity index (χ0v) is 40.6. The van der Waals surface area contributed by atoms with Crippen LogP contribution in [0.15, 0.2) is 96.8 Å². The van der Waals surface area contributed by atoms with Gasteiger partial charge in [0.05, 0.1) is 27.7 Å². The molecule has 67 heavy (non-hydrogen) atoms. The fraction of sp³-hybridized carbons (Fsp3) is 0.265. The van der Waals surface area contributed by atoms with Gasteiger partial charge < -0.3 is 25.1 Å². The number of carbonyl (C=O) groups is 2. The molecule has 0 radical (unpaired) electrons. The van der Waals surface area contributed by atoms with Crippen molar-refractivity contribution >= 4 is 53.0 Å². The monoisotopic (exact) mass is 1050 g/mol. The SMILES string of the molecule is CCCCCCc1ccc(-c2ccc(-c3cc(C(F)(F)F)n[n-]3)nc2)s1.CCCCCCc1ccsc1C#Cc1ccnc(-c2cc(OC=O)cc(-c3cc(OC=O)ccn3)n2)c1.[N-]=C=S.[Ru+2]. The van der Waals surface area contributed by atoms with Gasteiger partial charge in [-0.15, -0.1) is 22.7 Å². The fourth-order valence-electron chi connectivity index (χ4n) is 6.38. The van der Waals surface area contributed by atoms with Gasteiger partial charge >= 0.3 is 25.7 Å². The van der Waals surface area contributed by atoms with Gasteiger partial charge in [-0.3, -0.25) is 24.5 Å². The largest absolute Gasteiger partial charge is 2.00 e. The number of thiophene rings is 2. The van der Waals surface area contributed by atoms with Crippen LogP contribution < -0.4 is 14.6 Å². The molecule has 0 aliphatic rings. The number of hydrogen-bond donors (Lipinski definition) is 0. The molecule has 0 amide bonds. The van der Waals surface area contributed by atoms with Crippen LogP contribution in [0, 0.1) is 11.8 Å². The number of hydrogen-bond acceptors (Lipinski definition) is 12. The van der Waals surface area contributed by atoms with Crippen LogP contribution in [0.3, 0.4) is 0 Å². The summed E-state index contributed by atoms with van der Waals surface area (Å²) in [5, 5.41) is 17.3. The average molecular weight is 1050 g/mol. The normalized spacial score (nSPS) is 10.4. The Bertz CT molecular complexity index is 2740. The molecule has 7 aromatic rings. The average Bonchev–Trinajstić information content (AvgIpc) is 4.12. The van der Waals surface area contributed by atoms with E-state index in [0.717, 1.165) is 39.8 Å². The van der Waals surface area contributed by atoms with E-state index in [1.54, 1.807) is 65.4 Å². The van der Waals surface area contributed by atoms with E-state index in [-0.39, 0.29) is 30.9 Å². The number of halogens is 3. The van der Waals surface area contributed by atoms with E-state index in [1.165, 1.54) is 73.2 Å². The number of nitrogens with zero attached hydrogens (tertiary/aromatic N) is 7. The number of aryl methyl sites for hydroxylation is 2. The Hall–Kier alpha value is -6.08. The van der Waals surface area contributed by atoms with Crippen LogP contribution in [0.25, 0.3) is 50.0 Å². The van der Waals surface area contributed by atoms with Gasteiger partial charge in [0, 0.05) is 63.4 Å². The van der Waals surface area contributed by atoms with Gasteiger partial charge in [0.25, 0.3) is 12.9 Å². The van der Waals surface area contributed by atoms with E-state index in [0.29, 0.717) is 47.2 Å². The predicted octanol–water partition coefficient (Wildman–Crippen LogP) is 12.5. The van der Waals surface area contributed by atoms with Gasteiger partial charge in [-0.25, -0.2) is 4.98 Å². The summed E-state index contributed by atoms with van der Waals surface area (Å²) in [4.78, 5) is 43.0. The number of alkyl halides is 3. The fourth-order valence-corrected chi connectivity index (χ4v) is 8.22. The van der Waals surface area contributed by atoms with Gasteiger partial charge in [-0.05, 0) is 91.2 Å². The molecule has 0 aliphatic heterocycles. The van der Waals surface area contributed by atoms with Crippen molar-refractivity contribution in [3.63, 3.8) is 0 Å². The second-order valence-corrected chi connectivity index (χ2v) is 16.6. The Kier molecular flexibility index (Phi) is 22.5. The number of aromatic nitrogens is 6. The zero-order chi connectivity index (χ0) is 47.2. The van der Waals surface area contributed by atoms with E-state index in [9.17, 15) is 22.8 Å². The Labute approximate surface area is 413 Å². The van der Waals surface area contributed by atoms with Crippen molar-refractivity contribution < 1.29 is 51.7 Å². The quantitative estimate of drug-likeness (QED) is 0.0201. The molecule has 7 rings (SSSR count). The van der Waals surface area contributed by atoms with Crippen molar-refractivity contribution in [2.75, 3.05) is 0 Å². The molecule has 7 heterocycles. The Morgan fingerprint density at radius 2 is 1.40 bits per heavy atom. The molecule has 0 fully saturated rings. The van der Waals surface area contributed by atoms with Crippen molar-refractivity contribution in [1.82, 2.24) is 30.1 Å². The van der Waals surface area contributed by atoms with Gasteiger partial charge in [-0.1, -0.05) is 82.1 Å². The van der Waals surface area contributed by atoms with Gasteiger partial charge in [-0.2, -0.15) is 18.3 Å². The van der Waals surface area contributed by atoms with Crippen molar-refractivity contribution in [2.45, 2.75) is 84.2 Å². The van der Waals surface area contributed by atoms with Crippen LogP contribution >= 0.6 is 34.9 Å². The van der Waals surface area contributed by atoms with E-state index in [1.807, 2.05) is 18.2 Å². The van der Waals surface area contributed by atoms with Crippen molar-refractivity contribution in [3.05, 3.63) is 129 Å². The number of unbranched alkanes of at least 4 members (excludes halogenated alkanes) is 6. The molecule has 0 aromatic carbocycles. The van der Waals surface area contributed by atoms with E-state index >= 15 is 0 Å². The Balaban J connectivity index is 0.000000287. The maximum absolute atomic E-state index is 12.6. The Morgan fingerprint density at radius 1 is 0.746 bits per heavy atom. The van der Waals surface area contributed by atoms with Crippen LogP contribution in [-0.2, 0) is 48.1 Å². The number of thiocarbonyl (C=S) groups is 1. The molecule has 0 saturated heterocycles. The first-order valence-corrected chi connectivity index (χ1v) is 23.1. The van der Waals surface area contributed by atoms with E-state index < -0.39 is 11.9 Å². The first-order valence-electron chi connectivity index (χ1n) is 21.0. The van der Waals surface area contributed by atoms with Crippen LogP contribution in [0.5, 0.6) is 11.5 Å². The summed E-state index contributed by atoms with van der Waals surface area (Å²) in [6, 6.07) is 20.8. The molecule has 7 aromatic heterocycles. The summed E-state index contributed by atoms with van der Waals surface area (Å²) < 4.78 is 47.9. The second-order valence-electron chi connectivity index (χ2n) is 14.4. The van der Waals surface area contributed by atoms with Crippen molar-refractivity contribution in [1.29, 1.82) is 0 Å². The molecule has 0 spiro atoms. The van der Waals surface area contributed by atoms with Gasteiger partial charge in [0.1, 0.15) is 17.2 Å². The molecule has 18 heteroatoms. The molecule has 346 valence electrons. The number of carbonyl (C=O) groups excluding carboxylic acids is 2. The maximum atomic E-state index is 12.6. The third-order valence-electron chi connectivity index (χ3n) is 9.63. The summed E-state index contributed by atoms with van der Waals surface area (Å²) in [6.45, 7) is 5.10. The number of ether oxygens (including phenoxy) is 2. The summed E-state index contributed by atoms with van der Waals surface area (Å²) in [7, 11) is 0. The molecule has 11 nitrogen and oxygen atoms in total. The third-order valence-corrected chi connectivity index (χ3v) is 11.7. The van der Waals surface area contributed by atoms with E-state index in [4.69, 9.17) is 14.9 Å². The molecular weight excluding hydrogens is 1000 g/mol. The number of isothiocyanates is 1. The van der Waals surface area contributed by atoms with Gasteiger partial charge in [0.2, 0.25) is 0 Å². The molecule has 0 N–H and O–H groups in total. The Morgan fingerprint density at radius 3 is 2.04 bits per heavy atom. The topological polar surface area (TPSA) is 153 Å². The van der Waals surface area contributed by atoms with Gasteiger partial charge in [0.15, 0.2) is 0 Å². The molecule has 0 bridgehead atoms. The number of pyridine rings is 4. The van der Waals surface area contributed by atoms with Crippen LogP contribution in [-0.4, -0.2) is 43.1 Å². The summed E-state index contributed by atoms with van der Waals surface area (Å²) >= 11 is 7.09. The standard InChI is InChI=1S/C29H25N3O4S.C19H19F3N3S.CNS.Ru/c1-2-3-4-5-6-22-11-14-37-29(22)8-7-21-9-12-30-25(15-21)27-17-24(36-20-34)18-28(32-27)26-16-23(35-19-33)10-13-31-26;1-2-3-4-5-6-14-8-10-17(26-14)13-7-9-15(23-12-13)16-11-18(25-24-16)19(20,21)22;2-1-3;/h9-20H,2-6H2,1H3;7-12H,2-6H2,1H3;;/q;2*-1;+2. The number of rotatable bonds is 18. The van der Waals surface area contributed by atoms with Crippen molar-refractivity contribution in [3.8, 4) is 67.9 Å². The maximum Gasteiger partial charge on any atom is 2.00 e. The zero-order valence-electron chi connectivity index (χ0n) is 36.4. The molecule has 0 unspecified atom stereocenters. The second kappa shape index (κ2) is 28.2. The molecule has 0 aliphatic carbocycles. The first kappa shape index (κ1) is 53.5. The molecule has 0 atom stereocenters. The summed E-state index contributed by atoms with van der Waals surface area (Å²) in [5.41, 5.74) is 4.47. The first-order chi connectivity index (χ1) is 32.1. The van der Waals surface area contributed by atoms with Crippen LogP contribution in [0.1, 0.15) is 91.8 Å². The molecule has 0 saturated carbocycles. The predicted molar refractivity (Wildman–Crippen MR) is 255 cm³/mol. The van der Waals surface area contributed by atoms with Crippen LogP contribution in [0.2, 0.25) is 0 Å². The summed E-state index contributed by atoms with van der Waals surface area (Å²) in [5.74, 6) is 7.16. The van der Waals surface area contributed by atoms with E-state index in [2.05, 4.69) is 91.6 Å². The minimum absolute atomic E-state index is 0. The van der Waals surface area contributed by atoms with Crippen LogP contribution in [0.4, 0.5) is 13.2 Å². The smallest absolute Gasteiger partial charge is 0.753 e. The minimum atomic E-state index is -4.49. The minimum Gasteiger partial charge on any atom is -0.753 e. The van der Waals surface area contributed by atoms with Crippen molar-refractivity contribution in [2.24, 2.45) is 0 Å². The summed E-state index contributed by atoms with van der Waals surface area (Å²) in [6.07, 6.45) is 12.3.